The average molecular weight is 381 g/mol. The van der Waals surface area contributed by atoms with E-state index >= 15 is 0 Å². The molecule has 0 fully saturated rings. The summed E-state index contributed by atoms with van der Waals surface area (Å²) in [7, 11) is 1.29. The van der Waals surface area contributed by atoms with Crippen molar-refractivity contribution in [2.45, 2.75) is 40.2 Å². The maximum atomic E-state index is 12.9. The molecule has 3 rings (SSSR count). The summed E-state index contributed by atoms with van der Waals surface area (Å²) in [4.78, 5) is 29.5. The normalized spacial score (nSPS) is 12.0. The largest absolute Gasteiger partial charge is 0.465 e. The van der Waals surface area contributed by atoms with Gasteiger partial charge < -0.3 is 9.47 Å². The van der Waals surface area contributed by atoms with Gasteiger partial charge in [0.15, 0.2) is 5.65 Å². The van der Waals surface area contributed by atoms with Crippen molar-refractivity contribution in [3.8, 4) is 5.75 Å². The fourth-order valence-corrected chi connectivity index (χ4v) is 2.96. The van der Waals surface area contributed by atoms with E-state index in [-0.39, 0.29) is 17.4 Å². The van der Waals surface area contributed by atoms with Crippen molar-refractivity contribution < 1.29 is 19.1 Å². The number of methoxy groups -OCH3 is 1. The highest BCUT2D eigenvalue weighted by Gasteiger charge is 2.21. The minimum absolute atomic E-state index is 0.152. The van der Waals surface area contributed by atoms with Crippen molar-refractivity contribution >= 4 is 23.0 Å². The summed E-state index contributed by atoms with van der Waals surface area (Å²) in [5, 5.41) is 5.01. The van der Waals surface area contributed by atoms with Gasteiger partial charge in [-0.1, -0.05) is 13.0 Å². The molecule has 28 heavy (non-hydrogen) atoms. The topological polar surface area (TPSA) is 83.3 Å². The van der Waals surface area contributed by atoms with Crippen LogP contribution in [0.5, 0.6) is 5.75 Å². The molecule has 0 radical (unpaired) electrons. The molecule has 1 aromatic carbocycles. The van der Waals surface area contributed by atoms with Gasteiger partial charge in [0.1, 0.15) is 11.3 Å². The number of ether oxygens (including phenoxy) is 2. The lowest BCUT2D eigenvalue weighted by Gasteiger charge is -2.12. The van der Waals surface area contributed by atoms with Crippen LogP contribution in [-0.4, -0.2) is 33.8 Å². The van der Waals surface area contributed by atoms with Gasteiger partial charge >= 0.3 is 11.9 Å². The molecule has 1 atom stereocenters. The quantitative estimate of drug-likeness (QED) is 0.490. The molecule has 0 aliphatic heterocycles. The van der Waals surface area contributed by atoms with E-state index in [1.54, 1.807) is 30.5 Å². The average Bonchev–Trinajstić information content (AvgIpc) is 3.10. The highest BCUT2D eigenvalue weighted by Crippen LogP contribution is 2.26. The zero-order valence-electron chi connectivity index (χ0n) is 16.6. The zero-order valence-corrected chi connectivity index (χ0v) is 16.6. The smallest absolute Gasteiger partial charge is 0.344 e. The van der Waals surface area contributed by atoms with E-state index in [1.165, 1.54) is 7.11 Å². The van der Waals surface area contributed by atoms with Gasteiger partial charge in [-0.3, -0.25) is 0 Å². The Labute approximate surface area is 163 Å². The van der Waals surface area contributed by atoms with Gasteiger partial charge in [-0.15, -0.1) is 0 Å². The second-order valence-electron chi connectivity index (χ2n) is 6.78. The second kappa shape index (κ2) is 7.80. The van der Waals surface area contributed by atoms with Crippen LogP contribution in [0, 0.1) is 13.8 Å². The summed E-state index contributed by atoms with van der Waals surface area (Å²) < 4.78 is 12.2. The van der Waals surface area contributed by atoms with Crippen LogP contribution in [0.25, 0.3) is 11.0 Å². The van der Waals surface area contributed by atoms with Gasteiger partial charge in [-0.05, 0) is 51.0 Å². The van der Waals surface area contributed by atoms with E-state index in [2.05, 4.69) is 17.0 Å². The Morgan fingerprint density at radius 1 is 1.14 bits per heavy atom. The highest BCUT2D eigenvalue weighted by molar-refractivity contribution is 6.04. The molecule has 0 spiro atoms. The van der Waals surface area contributed by atoms with Crippen molar-refractivity contribution in [3.05, 3.63) is 52.8 Å². The maximum Gasteiger partial charge on any atom is 0.344 e. The monoisotopic (exact) mass is 381 g/mol. The number of pyridine rings is 1. The van der Waals surface area contributed by atoms with Crippen LogP contribution in [0.4, 0.5) is 0 Å². The van der Waals surface area contributed by atoms with Gasteiger partial charge in [-0.25, -0.2) is 19.3 Å². The van der Waals surface area contributed by atoms with Crippen molar-refractivity contribution in [1.29, 1.82) is 0 Å². The molecule has 3 aromatic rings. The van der Waals surface area contributed by atoms with Gasteiger partial charge in [-0.2, -0.15) is 5.10 Å². The number of hydrogen-bond donors (Lipinski definition) is 0. The number of nitrogens with zero attached hydrogens (tertiary/aromatic N) is 3. The molecule has 0 aliphatic carbocycles. The van der Waals surface area contributed by atoms with Crippen LogP contribution in [0.15, 0.2) is 30.5 Å². The van der Waals surface area contributed by atoms with Crippen molar-refractivity contribution in [3.63, 3.8) is 0 Å². The molecule has 7 heteroatoms. The zero-order chi connectivity index (χ0) is 20.4. The lowest BCUT2D eigenvalue weighted by atomic mass is 10.1. The first-order valence-corrected chi connectivity index (χ1v) is 9.11. The third kappa shape index (κ3) is 3.60. The lowest BCUT2D eigenvalue weighted by molar-refractivity contribution is 0.0593. The number of hydrogen-bond acceptors (Lipinski definition) is 6. The molecular weight excluding hydrogens is 358 g/mol. The van der Waals surface area contributed by atoms with Crippen LogP contribution >= 0.6 is 0 Å². The first-order chi connectivity index (χ1) is 13.3. The molecular formula is C21H23N3O4. The SMILES string of the molecule is CCC(C)n1ncc2c(C(=O)Oc3ccc(C)cc3C(=O)OC)cc(C)nc21. The molecule has 0 amide bonds. The van der Waals surface area contributed by atoms with Crippen molar-refractivity contribution in [2.24, 2.45) is 0 Å². The fraction of sp³-hybridized carbons (Fsp3) is 0.333. The van der Waals surface area contributed by atoms with E-state index in [0.29, 0.717) is 22.3 Å². The molecule has 0 saturated heterocycles. The van der Waals surface area contributed by atoms with E-state index in [0.717, 1.165) is 12.0 Å². The number of esters is 2. The van der Waals surface area contributed by atoms with Crippen LogP contribution < -0.4 is 4.74 Å². The predicted octanol–water partition coefficient (Wildman–Crippen LogP) is 4.02. The van der Waals surface area contributed by atoms with Crippen molar-refractivity contribution in [2.75, 3.05) is 7.11 Å². The number of fused-ring (bicyclic) bond motifs is 1. The first-order valence-electron chi connectivity index (χ1n) is 9.11. The molecule has 0 bridgehead atoms. The highest BCUT2D eigenvalue weighted by atomic mass is 16.5. The molecule has 2 heterocycles. The number of benzene rings is 1. The fourth-order valence-electron chi connectivity index (χ4n) is 2.96. The van der Waals surface area contributed by atoms with Gasteiger partial charge in [0.2, 0.25) is 0 Å². The third-order valence-electron chi connectivity index (χ3n) is 4.67. The Hall–Kier alpha value is -3.22. The number of rotatable bonds is 5. The Kier molecular flexibility index (Phi) is 5.44. The molecule has 0 N–H and O–H groups in total. The molecule has 1 unspecified atom stereocenters. The standard InChI is InChI=1S/C21H23N3O4/c1-6-14(4)24-19-17(11-22-24)15(10-13(3)23-19)21(26)28-18-8-7-12(2)9-16(18)20(25)27-5/h7-11,14H,6H2,1-5H3. The second-order valence-corrected chi connectivity index (χ2v) is 6.78. The summed E-state index contributed by atoms with van der Waals surface area (Å²) in [6.07, 6.45) is 2.51. The maximum absolute atomic E-state index is 12.9. The van der Waals surface area contributed by atoms with E-state index in [9.17, 15) is 9.59 Å². The molecule has 0 saturated carbocycles. The van der Waals surface area contributed by atoms with Crippen LogP contribution in [0.1, 0.15) is 58.3 Å². The molecule has 0 aliphatic rings. The minimum atomic E-state index is -0.576. The Morgan fingerprint density at radius 3 is 2.57 bits per heavy atom. The van der Waals surface area contributed by atoms with Gasteiger partial charge in [0.05, 0.1) is 30.3 Å². The molecule has 7 nitrogen and oxygen atoms in total. The summed E-state index contributed by atoms with van der Waals surface area (Å²) in [5.41, 5.74) is 2.73. The van der Waals surface area contributed by atoms with E-state index < -0.39 is 11.9 Å². The number of carbonyl (C=O) groups excluding carboxylic acids is 2. The van der Waals surface area contributed by atoms with Crippen LogP contribution in [0.3, 0.4) is 0 Å². The summed E-state index contributed by atoms with van der Waals surface area (Å²) in [5.74, 6) is -0.986. The summed E-state index contributed by atoms with van der Waals surface area (Å²) >= 11 is 0. The lowest BCUT2D eigenvalue weighted by Crippen LogP contribution is -2.14. The van der Waals surface area contributed by atoms with Crippen LogP contribution in [-0.2, 0) is 4.74 Å². The third-order valence-corrected chi connectivity index (χ3v) is 4.67. The summed E-state index contributed by atoms with van der Waals surface area (Å²) in [6.45, 7) is 7.77. The summed E-state index contributed by atoms with van der Waals surface area (Å²) in [6, 6.07) is 6.80. The Bertz CT molecular complexity index is 1060. The number of carbonyl (C=O) groups is 2. The van der Waals surface area contributed by atoms with E-state index in [4.69, 9.17) is 9.47 Å². The minimum Gasteiger partial charge on any atom is -0.465 e. The van der Waals surface area contributed by atoms with Crippen LogP contribution in [0.2, 0.25) is 0 Å². The van der Waals surface area contributed by atoms with Gasteiger partial charge in [0, 0.05) is 5.69 Å². The predicted molar refractivity (Wildman–Crippen MR) is 105 cm³/mol. The molecule has 2 aromatic heterocycles. The number of aromatic nitrogens is 3. The first kappa shape index (κ1) is 19.5. The van der Waals surface area contributed by atoms with Gasteiger partial charge in [0.25, 0.3) is 0 Å². The Morgan fingerprint density at radius 2 is 1.89 bits per heavy atom. The number of aryl methyl sites for hydroxylation is 2. The Balaban J connectivity index is 2.04. The van der Waals surface area contributed by atoms with E-state index in [1.807, 2.05) is 25.5 Å². The molecule has 146 valence electrons. The van der Waals surface area contributed by atoms with Crippen molar-refractivity contribution in [1.82, 2.24) is 14.8 Å².